The monoisotopic (exact) mass is 1730 g/mol. The molecule has 0 bridgehead atoms. The van der Waals surface area contributed by atoms with Crippen molar-refractivity contribution in [3.05, 3.63) is 202 Å². The number of hydrogen-bond donors (Lipinski definition) is 0. The Bertz CT molecular complexity index is 4330. The summed E-state index contributed by atoms with van der Waals surface area (Å²) in [5, 5.41) is 0.338. The van der Waals surface area contributed by atoms with Crippen LogP contribution in [0.2, 0.25) is 5.02 Å². The summed E-state index contributed by atoms with van der Waals surface area (Å²) in [6.45, 7) is 32.0. The lowest BCUT2D eigenvalue weighted by Crippen LogP contribution is -2.24. The Morgan fingerprint density at radius 3 is 0.806 bits per heavy atom. The van der Waals surface area contributed by atoms with E-state index in [9.17, 15) is 35.1 Å². The Kier molecular flexibility index (Phi) is 38.3. The van der Waals surface area contributed by atoms with Crippen LogP contribution in [-0.4, -0.2) is 0 Å². The van der Waals surface area contributed by atoms with E-state index >= 15 is 0 Å². The third-order valence-corrected chi connectivity index (χ3v) is 34.3. The number of aryl methyl sites for hydroxylation is 5. The Balaban J connectivity index is 0.000000151. The first-order valence-corrected chi connectivity index (χ1v) is 51.2. The summed E-state index contributed by atoms with van der Waals surface area (Å²) in [7, 11) is 0. The van der Waals surface area contributed by atoms with Gasteiger partial charge in [0.2, 0.25) is 0 Å². The van der Waals surface area contributed by atoms with Crippen molar-refractivity contribution in [2.24, 2.45) is 88.8 Å². The van der Waals surface area contributed by atoms with E-state index in [1.807, 2.05) is 51.1 Å². The van der Waals surface area contributed by atoms with Crippen LogP contribution in [0.5, 0.6) is 0 Å². The van der Waals surface area contributed by atoms with Gasteiger partial charge in [-0.3, -0.25) is 0 Å². The normalized spacial score (nSPS) is 27.8. The van der Waals surface area contributed by atoms with Crippen molar-refractivity contribution in [3.63, 3.8) is 0 Å². The van der Waals surface area contributed by atoms with Gasteiger partial charge in [-0.1, -0.05) is 265 Å². The highest BCUT2D eigenvalue weighted by atomic mass is 35.5. The molecule has 0 spiro atoms. The summed E-state index contributed by atoms with van der Waals surface area (Å²) in [5.41, 5.74) is 18.7. The molecule has 0 radical (unpaired) electrons. The molecule has 0 N–H and O–H groups in total. The minimum absolute atomic E-state index is 0.0405. The highest BCUT2D eigenvalue weighted by molar-refractivity contribution is 6.31. The van der Waals surface area contributed by atoms with Gasteiger partial charge in [0.1, 0.15) is 11.6 Å². The van der Waals surface area contributed by atoms with E-state index in [4.69, 9.17) is 11.6 Å². The molecule has 684 valence electrons. The van der Waals surface area contributed by atoms with Crippen LogP contribution < -0.4 is 0 Å². The molecule has 5 unspecified atom stereocenters. The second kappa shape index (κ2) is 47.9. The fourth-order valence-electron chi connectivity index (χ4n) is 25.4. The minimum Gasteiger partial charge on any atom is -0.206 e. The lowest BCUT2D eigenvalue weighted by Gasteiger charge is -2.37. The molecule has 0 aromatic heterocycles. The lowest BCUT2D eigenvalue weighted by molar-refractivity contribution is 0.190. The van der Waals surface area contributed by atoms with Crippen LogP contribution in [-0.2, 0) is 19.3 Å². The fourth-order valence-corrected chi connectivity index (χ4v) is 25.7. The highest BCUT2D eigenvalue weighted by Crippen LogP contribution is 2.52. The number of halogens is 9. The van der Waals surface area contributed by atoms with Crippen LogP contribution in [0.1, 0.15) is 415 Å². The molecule has 9 heteroatoms. The van der Waals surface area contributed by atoms with Gasteiger partial charge in [0.25, 0.3) is 0 Å². The van der Waals surface area contributed by atoms with E-state index in [0.717, 1.165) is 224 Å². The van der Waals surface area contributed by atoms with Crippen molar-refractivity contribution < 1.29 is 35.1 Å². The third-order valence-electron chi connectivity index (χ3n) is 33.9. The van der Waals surface area contributed by atoms with E-state index in [1.165, 1.54) is 219 Å². The van der Waals surface area contributed by atoms with Gasteiger partial charge in [0.05, 0.1) is 5.02 Å². The van der Waals surface area contributed by atoms with Crippen LogP contribution in [0.4, 0.5) is 35.1 Å². The molecule has 5 fully saturated rings. The van der Waals surface area contributed by atoms with Gasteiger partial charge >= 0.3 is 0 Å². The molecular weight excluding hydrogens is 1570 g/mol. The summed E-state index contributed by atoms with van der Waals surface area (Å²) >= 11 is 6.32. The first-order valence-electron chi connectivity index (χ1n) is 50.8. The first kappa shape index (κ1) is 99.1. The van der Waals surface area contributed by atoms with Crippen LogP contribution in [0.3, 0.4) is 0 Å². The zero-order valence-electron chi connectivity index (χ0n) is 79.7. The van der Waals surface area contributed by atoms with Crippen molar-refractivity contribution in [3.8, 4) is 0 Å². The molecular formula is C115H161ClF8. The Labute approximate surface area is 753 Å². The maximum Gasteiger partial charge on any atom is 0.166 e. The van der Waals surface area contributed by atoms with Crippen LogP contribution in [0, 0.1) is 149 Å². The Morgan fingerprint density at radius 1 is 0.258 bits per heavy atom. The van der Waals surface area contributed by atoms with Crippen molar-refractivity contribution >= 4 is 39.5 Å². The zero-order chi connectivity index (χ0) is 89.0. The third kappa shape index (κ3) is 25.2. The van der Waals surface area contributed by atoms with Crippen LogP contribution in [0.15, 0.2) is 94.6 Å². The quantitative estimate of drug-likeness (QED) is 0.0682. The van der Waals surface area contributed by atoms with E-state index < -0.39 is 34.9 Å². The predicted octanol–water partition coefficient (Wildman–Crippen LogP) is 37.2. The second-order valence-electron chi connectivity index (χ2n) is 41.3. The predicted molar refractivity (Wildman–Crippen MR) is 512 cm³/mol. The maximum atomic E-state index is 14.9. The fraction of sp³-hybridized carbons (Fsp3) is 0.652. The second-order valence-corrected chi connectivity index (χ2v) is 41.7. The SMILES string of the molecule is CCC1CCC(C2CCC(c3ccc(C)c(F)c3F)=C(C)C2)CC1.CCC1CCC(C2CCC(c3ccc(C)cc3F)=C(C)C2)CC1.CCCc1ccc(C2=C(C)CC(C3CCC(CC)CC3)CC2)c(F)c1Cl.CCCc1ccc(C2=C(C)CC(C3CCC(CC)CC3)CC2)c(F)c1F.CCc1ccc(C2=C(C)CC(C3CCC(CC)CC3)CC2)c(F)c1F. The average molecular weight is 1730 g/mol. The molecule has 0 nitrogen and oxygen atoms in total. The van der Waals surface area contributed by atoms with Gasteiger partial charge in [-0.15, -0.1) is 0 Å². The van der Waals surface area contributed by atoms with E-state index in [-0.39, 0.29) is 11.6 Å². The van der Waals surface area contributed by atoms with E-state index in [0.29, 0.717) is 51.2 Å². The Morgan fingerprint density at radius 2 is 0.516 bits per heavy atom. The van der Waals surface area contributed by atoms with Gasteiger partial charge < -0.3 is 0 Å². The molecule has 5 aromatic rings. The molecule has 0 saturated heterocycles. The topological polar surface area (TPSA) is 0 Å². The molecule has 5 aromatic carbocycles. The minimum atomic E-state index is -0.687. The summed E-state index contributed by atoms with van der Waals surface area (Å²) in [6.07, 6.45) is 54.3. The van der Waals surface area contributed by atoms with E-state index in [2.05, 4.69) is 76.2 Å². The van der Waals surface area contributed by atoms with Crippen molar-refractivity contribution in [2.75, 3.05) is 0 Å². The number of benzene rings is 5. The van der Waals surface area contributed by atoms with Gasteiger partial charge in [0.15, 0.2) is 34.9 Å². The summed E-state index contributed by atoms with van der Waals surface area (Å²) in [6, 6.07) is 20.3. The van der Waals surface area contributed by atoms with Gasteiger partial charge in [-0.05, 0) is 379 Å². The average Bonchev–Trinajstić information content (AvgIpc) is 0.831. The van der Waals surface area contributed by atoms with Crippen LogP contribution in [0.25, 0.3) is 27.9 Å². The van der Waals surface area contributed by atoms with Crippen molar-refractivity contribution in [2.45, 2.75) is 393 Å². The van der Waals surface area contributed by atoms with Gasteiger partial charge in [0, 0.05) is 27.8 Å². The number of allylic oxidation sites excluding steroid dienone is 10. The standard InChI is InChI=1S/C24H34ClF.C24H34F2.C23H32F2.C22H30F2.C22H31F/c2*1-4-6-19-11-14-22(24(26)23(19)25)21-13-12-20(15-16(21)3)18-9-7-17(5-2)8-10-18;1-4-16-6-8-18(9-7-16)19-11-12-20(15(3)14-19)21-13-10-17(5-2)22(24)23(21)25;1-4-16-6-8-17(9-7-16)18-10-12-19(15(3)13-18)20-11-5-14(2)21(23)22(20)24;1-4-17-6-8-18(9-7-17)19-10-12-20(16(3)14-19)21-11-5-15(2)13-22(21)23/h2*11,14,17-18,20H,4-10,12-13,15H2,1-3H3;10,13,16,18-19H,4-9,11-12,14H2,1-3H3;5,11,16-18H,4,6-10,12-13H2,1-3H3;5,11,13,17-19H,4,6-10,12,14H2,1-3H3. The van der Waals surface area contributed by atoms with Crippen LogP contribution >= 0.6 is 11.6 Å². The molecule has 10 aliphatic carbocycles. The number of rotatable bonds is 20. The molecule has 15 rings (SSSR count). The summed E-state index contributed by atoms with van der Waals surface area (Å²) in [4.78, 5) is 0. The summed E-state index contributed by atoms with van der Waals surface area (Å²) < 4.78 is 115. The molecule has 124 heavy (non-hydrogen) atoms. The van der Waals surface area contributed by atoms with Crippen molar-refractivity contribution in [1.82, 2.24) is 0 Å². The molecule has 0 aliphatic heterocycles. The first-order chi connectivity index (χ1) is 59.7. The largest absolute Gasteiger partial charge is 0.206 e. The molecule has 5 atom stereocenters. The van der Waals surface area contributed by atoms with Crippen molar-refractivity contribution in [1.29, 1.82) is 0 Å². The number of hydrogen-bond acceptors (Lipinski definition) is 0. The van der Waals surface area contributed by atoms with Gasteiger partial charge in [-0.2, -0.15) is 0 Å². The zero-order valence-corrected chi connectivity index (χ0v) is 80.5. The molecule has 0 heterocycles. The van der Waals surface area contributed by atoms with Gasteiger partial charge in [-0.25, -0.2) is 35.1 Å². The molecule has 5 saturated carbocycles. The Hall–Kier alpha value is -5.47. The molecule has 10 aliphatic rings. The highest BCUT2D eigenvalue weighted by Gasteiger charge is 2.38. The maximum absolute atomic E-state index is 14.9. The molecule has 0 amide bonds. The lowest BCUT2D eigenvalue weighted by atomic mass is 9.69. The smallest absolute Gasteiger partial charge is 0.166 e. The van der Waals surface area contributed by atoms with E-state index in [1.54, 1.807) is 43.3 Å². The summed E-state index contributed by atoms with van der Waals surface area (Å²) in [5.74, 6) is 8.74.